The number of morpholine rings is 1. The first kappa shape index (κ1) is 22.3. The molecule has 2 fully saturated rings. The number of alkyl halides is 3. The Hall–Kier alpha value is -2.01. The molecule has 1 aliphatic heterocycles. The number of hydrogen-bond acceptors (Lipinski definition) is 6. The van der Waals surface area contributed by atoms with Gasteiger partial charge in [-0.15, -0.1) is 0 Å². The number of aliphatic carboxylic acids is 1. The first-order chi connectivity index (χ1) is 13.2. The third kappa shape index (κ3) is 5.74. The summed E-state index contributed by atoms with van der Waals surface area (Å²) in [5.41, 5.74) is -0.162. The minimum atomic E-state index is -5.08. The highest BCUT2D eigenvalue weighted by molar-refractivity contribution is 5.73. The van der Waals surface area contributed by atoms with Gasteiger partial charge in [-0.05, 0) is 19.8 Å². The zero-order valence-electron chi connectivity index (χ0n) is 15.4. The van der Waals surface area contributed by atoms with Gasteiger partial charge in [0.1, 0.15) is 0 Å². The van der Waals surface area contributed by atoms with Crippen LogP contribution in [0.25, 0.3) is 0 Å². The lowest BCUT2D eigenvalue weighted by Gasteiger charge is -2.44. The highest BCUT2D eigenvalue weighted by Crippen LogP contribution is 2.41. The van der Waals surface area contributed by atoms with Crippen LogP contribution in [0.2, 0.25) is 0 Å². The van der Waals surface area contributed by atoms with Crippen molar-refractivity contribution >= 4 is 11.9 Å². The second-order valence-corrected chi connectivity index (χ2v) is 6.59. The largest absolute Gasteiger partial charge is 0.490 e. The molecule has 0 unspecified atom stereocenters. The minimum absolute atomic E-state index is 0.162. The Morgan fingerprint density at radius 2 is 2.07 bits per heavy atom. The molecule has 1 aromatic rings. The minimum Gasteiger partial charge on any atom is -0.475 e. The summed E-state index contributed by atoms with van der Waals surface area (Å²) in [5.74, 6) is -2.16. The van der Waals surface area contributed by atoms with Crippen LogP contribution in [0.3, 0.4) is 0 Å². The summed E-state index contributed by atoms with van der Waals surface area (Å²) < 4.78 is 56.5. The Morgan fingerprint density at radius 3 is 2.64 bits per heavy atom. The van der Waals surface area contributed by atoms with Gasteiger partial charge in [0.25, 0.3) is 0 Å². The van der Waals surface area contributed by atoms with Crippen LogP contribution in [-0.2, 0) is 14.3 Å². The van der Waals surface area contributed by atoms with Crippen LogP contribution in [0.5, 0.6) is 0 Å². The summed E-state index contributed by atoms with van der Waals surface area (Å²) in [7, 11) is 0. The summed E-state index contributed by atoms with van der Waals surface area (Å²) >= 11 is 0. The summed E-state index contributed by atoms with van der Waals surface area (Å²) in [4.78, 5) is 19.2. The molecule has 28 heavy (non-hydrogen) atoms. The number of hydrogen-bond donors (Lipinski definition) is 1. The summed E-state index contributed by atoms with van der Waals surface area (Å²) in [6, 6.07) is 0. The Kier molecular flexibility index (Phi) is 7.53. The van der Waals surface area contributed by atoms with Crippen molar-refractivity contribution in [3.8, 4) is 0 Å². The van der Waals surface area contributed by atoms with Crippen molar-refractivity contribution < 1.29 is 36.9 Å². The van der Waals surface area contributed by atoms with Gasteiger partial charge in [0.05, 0.1) is 37.8 Å². The maximum atomic E-state index is 13.0. The van der Waals surface area contributed by atoms with Crippen LogP contribution < -0.4 is 4.90 Å². The zero-order chi connectivity index (χ0) is 20.8. The number of nitrogens with zero attached hydrogens (tertiary/aromatic N) is 3. The molecular formula is C17H23F4N3O4. The lowest BCUT2D eigenvalue weighted by molar-refractivity contribution is -0.192. The number of carbonyl (C=O) groups is 1. The number of carboxylic acid groups (broad SMARTS) is 1. The number of anilines is 1. The van der Waals surface area contributed by atoms with Crippen LogP contribution in [0, 0.1) is 11.7 Å². The van der Waals surface area contributed by atoms with E-state index < -0.39 is 18.0 Å². The molecule has 1 N–H and O–H groups in total. The molecule has 0 aromatic carbocycles. The van der Waals surface area contributed by atoms with Crippen molar-refractivity contribution in [2.45, 2.75) is 38.0 Å². The van der Waals surface area contributed by atoms with Crippen LogP contribution in [0.4, 0.5) is 23.5 Å². The van der Waals surface area contributed by atoms with Gasteiger partial charge in [0.2, 0.25) is 5.95 Å². The molecule has 1 aliphatic carbocycles. The fourth-order valence-corrected chi connectivity index (χ4v) is 3.45. The molecule has 0 bridgehead atoms. The van der Waals surface area contributed by atoms with E-state index >= 15 is 0 Å². The topological polar surface area (TPSA) is 84.8 Å². The molecule has 2 aliphatic rings. The lowest BCUT2D eigenvalue weighted by Crippen LogP contribution is -2.55. The van der Waals surface area contributed by atoms with Gasteiger partial charge >= 0.3 is 12.1 Å². The zero-order valence-corrected chi connectivity index (χ0v) is 15.4. The van der Waals surface area contributed by atoms with Gasteiger partial charge in [-0.3, -0.25) is 0 Å². The number of aromatic nitrogens is 2. The molecule has 3 rings (SSSR count). The normalized spacial score (nSPS) is 24.8. The molecule has 0 amide bonds. The van der Waals surface area contributed by atoms with Gasteiger partial charge in [0.15, 0.2) is 5.82 Å². The van der Waals surface area contributed by atoms with E-state index in [1.54, 1.807) is 0 Å². The fourth-order valence-electron chi connectivity index (χ4n) is 3.45. The maximum Gasteiger partial charge on any atom is 0.490 e. The third-order valence-electron chi connectivity index (χ3n) is 4.76. The molecule has 1 spiro atoms. The molecule has 11 heteroatoms. The first-order valence-electron chi connectivity index (χ1n) is 8.92. The predicted molar refractivity (Wildman–Crippen MR) is 90.4 cm³/mol. The van der Waals surface area contributed by atoms with Crippen molar-refractivity contribution in [2.75, 3.05) is 37.8 Å². The molecule has 7 nitrogen and oxygen atoms in total. The monoisotopic (exact) mass is 409 g/mol. The van der Waals surface area contributed by atoms with E-state index in [0.29, 0.717) is 18.5 Å². The Morgan fingerprint density at radius 1 is 1.43 bits per heavy atom. The molecule has 2 atom stereocenters. The predicted octanol–water partition coefficient (Wildman–Crippen LogP) is 2.66. The van der Waals surface area contributed by atoms with Crippen LogP contribution in [0.1, 0.15) is 26.2 Å². The molecule has 0 radical (unpaired) electrons. The van der Waals surface area contributed by atoms with E-state index in [1.165, 1.54) is 12.4 Å². The van der Waals surface area contributed by atoms with E-state index in [1.807, 2.05) is 6.92 Å². The van der Waals surface area contributed by atoms with Crippen molar-refractivity contribution in [2.24, 2.45) is 5.92 Å². The molecule has 1 aromatic heterocycles. The standard InChI is InChI=1S/C15H22FN3O2.C2HF3O2/c1-2-20-10-12-4-3-5-15(12)11-19(6-7-21-15)14-17-8-13(16)9-18-14;3-2(4,5)1(6)7/h8-9,12H,2-7,10-11H2,1H3;(H,6,7)/t12-,15-;/m0./s1. The summed E-state index contributed by atoms with van der Waals surface area (Å²) in [6.45, 7) is 5.66. The van der Waals surface area contributed by atoms with E-state index in [4.69, 9.17) is 19.4 Å². The second-order valence-electron chi connectivity index (χ2n) is 6.59. The van der Waals surface area contributed by atoms with E-state index in [-0.39, 0.29) is 5.60 Å². The Balaban J connectivity index is 0.000000345. The van der Waals surface area contributed by atoms with Crippen LogP contribution in [-0.4, -0.2) is 65.7 Å². The maximum absolute atomic E-state index is 13.0. The van der Waals surface area contributed by atoms with E-state index in [0.717, 1.165) is 45.6 Å². The molecule has 158 valence electrons. The van der Waals surface area contributed by atoms with E-state index in [2.05, 4.69) is 14.9 Å². The highest BCUT2D eigenvalue weighted by atomic mass is 19.4. The van der Waals surface area contributed by atoms with E-state index in [9.17, 15) is 17.6 Å². The first-order valence-corrected chi connectivity index (χ1v) is 8.92. The van der Waals surface area contributed by atoms with Gasteiger partial charge in [-0.1, -0.05) is 6.42 Å². The quantitative estimate of drug-likeness (QED) is 0.766. The van der Waals surface area contributed by atoms with Gasteiger partial charge in [-0.25, -0.2) is 19.2 Å². The highest BCUT2D eigenvalue weighted by Gasteiger charge is 2.47. The molecular weight excluding hydrogens is 386 g/mol. The van der Waals surface area contributed by atoms with Crippen LogP contribution in [0.15, 0.2) is 12.4 Å². The number of rotatable bonds is 4. The Bertz CT molecular complexity index is 644. The smallest absolute Gasteiger partial charge is 0.475 e. The third-order valence-corrected chi connectivity index (χ3v) is 4.76. The number of carboxylic acids is 1. The number of ether oxygens (including phenoxy) is 2. The SMILES string of the molecule is CCOC[C@@H]1CCC[C@]12CN(c1ncc(F)cn1)CCO2.O=C(O)C(F)(F)F. The number of halogens is 4. The second kappa shape index (κ2) is 9.46. The summed E-state index contributed by atoms with van der Waals surface area (Å²) in [6.07, 6.45) is 0.698. The summed E-state index contributed by atoms with van der Waals surface area (Å²) in [5, 5.41) is 7.12. The van der Waals surface area contributed by atoms with Gasteiger partial charge in [-0.2, -0.15) is 13.2 Å². The molecule has 2 heterocycles. The van der Waals surface area contributed by atoms with Gasteiger partial charge < -0.3 is 19.5 Å². The van der Waals surface area contributed by atoms with Gasteiger partial charge in [0, 0.05) is 19.1 Å². The average Bonchev–Trinajstić information content (AvgIpc) is 3.02. The van der Waals surface area contributed by atoms with Crippen molar-refractivity contribution in [3.63, 3.8) is 0 Å². The van der Waals surface area contributed by atoms with Crippen molar-refractivity contribution in [1.29, 1.82) is 0 Å². The molecule has 1 saturated carbocycles. The average molecular weight is 409 g/mol. The van der Waals surface area contributed by atoms with Crippen LogP contribution >= 0.6 is 0 Å². The fraction of sp³-hybridized carbons (Fsp3) is 0.706. The lowest BCUT2D eigenvalue weighted by atomic mass is 9.89. The van der Waals surface area contributed by atoms with Crippen molar-refractivity contribution in [3.05, 3.63) is 18.2 Å². The molecule has 1 saturated heterocycles. The van der Waals surface area contributed by atoms with Crippen molar-refractivity contribution in [1.82, 2.24) is 9.97 Å². The Labute approximate surface area is 159 Å².